The summed E-state index contributed by atoms with van der Waals surface area (Å²) in [4.78, 5) is 14.9. The molecular weight excluding hydrogens is 486 g/mol. The van der Waals surface area contributed by atoms with E-state index in [0.717, 1.165) is 21.5 Å². The number of carboxylic acid groups (broad SMARTS) is 1. The van der Waals surface area contributed by atoms with Gasteiger partial charge in [-0.15, -0.1) is 0 Å². The molecule has 0 saturated carbocycles. The van der Waals surface area contributed by atoms with Crippen molar-refractivity contribution in [3.63, 3.8) is 0 Å². The minimum absolute atomic E-state index is 0.0856. The Bertz CT molecular complexity index is 1190. The maximum Gasteiger partial charge on any atom is 0.323 e. The molecule has 5 heteroatoms. The molecule has 0 spiro atoms. The van der Waals surface area contributed by atoms with Crippen LogP contribution >= 0.6 is 0 Å². The van der Waals surface area contributed by atoms with Gasteiger partial charge in [0.2, 0.25) is 0 Å². The predicted molar refractivity (Wildman–Crippen MR) is 157 cm³/mol. The zero-order valence-corrected chi connectivity index (χ0v) is 23.5. The maximum absolute atomic E-state index is 12.9. The molecule has 0 aliphatic carbocycles. The highest BCUT2D eigenvalue weighted by atomic mass is 28.4. The summed E-state index contributed by atoms with van der Waals surface area (Å²) in [5.74, 6) is -0.880. The Morgan fingerprint density at radius 1 is 0.711 bits per heavy atom. The van der Waals surface area contributed by atoms with Gasteiger partial charge in [-0.1, -0.05) is 142 Å². The lowest BCUT2D eigenvalue weighted by Crippen LogP contribution is -2.67. The van der Waals surface area contributed by atoms with Crippen molar-refractivity contribution in [3.8, 4) is 0 Å². The molecule has 4 rings (SSSR count). The smallest absolute Gasteiger partial charge is 0.323 e. The first-order valence-electron chi connectivity index (χ1n) is 13.1. The molecule has 0 unspecified atom stereocenters. The largest absolute Gasteiger partial charge is 0.480 e. The van der Waals surface area contributed by atoms with Crippen LogP contribution in [0.25, 0.3) is 0 Å². The quantitative estimate of drug-likeness (QED) is 0.256. The van der Waals surface area contributed by atoms with E-state index in [0.29, 0.717) is 13.1 Å². The first-order chi connectivity index (χ1) is 18.3. The van der Waals surface area contributed by atoms with E-state index in [1.165, 1.54) is 0 Å². The molecule has 38 heavy (non-hydrogen) atoms. The molecule has 4 nitrogen and oxygen atoms in total. The van der Waals surface area contributed by atoms with Crippen LogP contribution in [0.1, 0.15) is 31.9 Å². The number of nitrogens with zero attached hydrogens (tertiary/aromatic N) is 1. The van der Waals surface area contributed by atoms with Gasteiger partial charge in [0.25, 0.3) is 8.32 Å². The van der Waals surface area contributed by atoms with Gasteiger partial charge in [-0.25, -0.2) is 0 Å². The van der Waals surface area contributed by atoms with Gasteiger partial charge in [0.05, 0.1) is 6.61 Å². The minimum Gasteiger partial charge on any atom is -0.480 e. The number of hydrogen-bond donors (Lipinski definition) is 1. The molecule has 1 N–H and O–H groups in total. The Morgan fingerprint density at radius 3 is 1.42 bits per heavy atom. The molecule has 0 aliphatic rings. The lowest BCUT2D eigenvalue weighted by atomic mass is 10.1. The minimum atomic E-state index is -2.88. The number of carboxylic acids is 1. The fourth-order valence-electron chi connectivity index (χ4n) is 5.21. The van der Waals surface area contributed by atoms with Crippen LogP contribution in [0.4, 0.5) is 0 Å². The summed E-state index contributed by atoms with van der Waals surface area (Å²) in [6.45, 7) is 7.73. The summed E-state index contributed by atoms with van der Waals surface area (Å²) >= 11 is 0. The molecule has 0 fully saturated rings. The summed E-state index contributed by atoms with van der Waals surface area (Å²) in [6.07, 6.45) is 0. The molecule has 4 aromatic carbocycles. The van der Waals surface area contributed by atoms with E-state index >= 15 is 0 Å². The third kappa shape index (κ3) is 6.30. The van der Waals surface area contributed by atoms with Crippen LogP contribution < -0.4 is 10.4 Å². The van der Waals surface area contributed by atoms with Gasteiger partial charge in [0.15, 0.2) is 0 Å². The fourth-order valence-corrected chi connectivity index (χ4v) is 9.77. The molecule has 0 bridgehead atoms. The second-order valence-electron chi connectivity index (χ2n) is 10.7. The lowest BCUT2D eigenvalue weighted by Gasteiger charge is -2.44. The average molecular weight is 524 g/mol. The van der Waals surface area contributed by atoms with Crippen molar-refractivity contribution in [2.45, 2.75) is 44.9 Å². The standard InChI is InChI=1S/C33H37NO3Si/c1-33(2,3)38(29-20-12-6-13-21-29,30-22-14-7-15-23-30)37-26-31(32(35)36)34(24-27-16-8-4-9-17-27)25-28-18-10-5-11-19-28/h4-23,31H,24-26H2,1-3H3,(H,35,36)/t31-/m1/s1. The first-order valence-corrected chi connectivity index (χ1v) is 15.0. The molecule has 0 amide bonds. The van der Waals surface area contributed by atoms with E-state index in [9.17, 15) is 9.90 Å². The highest BCUT2D eigenvalue weighted by Gasteiger charge is 2.50. The molecule has 0 saturated heterocycles. The van der Waals surface area contributed by atoms with Crippen molar-refractivity contribution in [1.82, 2.24) is 4.90 Å². The third-order valence-electron chi connectivity index (χ3n) is 7.06. The van der Waals surface area contributed by atoms with E-state index in [4.69, 9.17) is 4.43 Å². The van der Waals surface area contributed by atoms with Crippen LogP contribution in [-0.4, -0.2) is 36.9 Å². The van der Waals surface area contributed by atoms with Crippen LogP contribution in [0.2, 0.25) is 5.04 Å². The molecular formula is C33H37NO3Si. The summed E-state index contributed by atoms with van der Waals surface area (Å²) in [5, 5.41) is 12.6. The van der Waals surface area contributed by atoms with Crippen molar-refractivity contribution in [1.29, 1.82) is 0 Å². The Hall–Kier alpha value is -3.51. The summed E-state index contributed by atoms with van der Waals surface area (Å²) in [7, 11) is -2.88. The van der Waals surface area contributed by atoms with Crippen molar-refractivity contribution >= 4 is 24.7 Å². The molecule has 0 aliphatic heterocycles. The van der Waals surface area contributed by atoms with Crippen LogP contribution in [0.3, 0.4) is 0 Å². The van der Waals surface area contributed by atoms with Gasteiger partial charge in [-0.2, -0.15) is 0 Å². The van der Waals surface area contributed by atoms with Gasteiger partial charge in [-0.05, 0) is 26.5 Å². The summed E-state index contributed by atoms with van der Waals surface area (Å²) in [6, 6.07) is 40.0. The second kappa shape index (κ2) is 12.4. The summed E-state index contributed by atoms with van der Waals surface area (Å²) in [5.41, 5.74) is 2.14. The van der Waals surface area contributed by atoms with Gasteiger partial charge in [0, 0.05) is 13.1 Å². The van der Waals surface area contributed by atoms with Crippen LogP contribution in [0.5, 0.6) is 0 Å². The fraction of sp³-hybridized carbons (Fsp3) is 0.242. The molecule has 196 valence electrons. The third-order valence-corrected chi connectivity index (χ3v) is 12.1. The molecule has 0 heterocycles. The van der Waals surface area contributed by atoms with E-state index in [2.05, 4.69) is 45.0 Å². The van der Waals surface area contributed by atoms with Crippen LogP contribution in [-0.2, 0) is 22.3 Å². The van der Waals surface area contributed by atoms with E-state index in [-0.39, 0.29) is 11.6 Å². The van der Waals surface area contributed by atoms with Gasteiger partial charge >= 0.3 is 5.97 Å². The molecule has 1 atom stereocenters. The highest BCUT2D eigenvalue weighted by Crippen LogP contribution is 2.37. The van der Waals surface area contributed by atoms with E-state index in [1.54, 1.807) is 0 Å². The number of benzene rings is 4. The first kappa shape index (κ1) is 27.5. The summed E-state index contributed by atoms with van der Waals surface area (Å²) < 4.78 is 7.06. The normalized spacial score (nSPS) is 12.8. The van der Waals surface area contributed by atoms with Crippen molar-refractivity contribution in [3.05, 3.63) is 132 Å². The van der Waals surface area contributed by atoms with Crippen LogP contribution in [0, 0.1) is 0 Å². The SMILES string of the molecule is CC(C)(C)[Si](OC[C@H](C(=O)O)N(Cc1ccccc1)Cc1ccccc1)(c1ccccc1)c1ccccc1. The number of aliphatic carboxylic acids is 1. The lowest BCUT2D eigenvalue weighted by molar-refractivity contribution is -0.145. The van der Waals surface area contributed by atoms with Crippen molar-refractivity contribution < 1.29 is 14.3 Å². The second-order valence-corrected chi connectivity index (χ2v) is 15.0. The number of rotatable bonds is 11. The van der Waals surface area contributed by atoms with E-state index < -0.39 is 20.3 Å². The van der Waals surface area contributed by atoms with E-state index in [1.807, 2.05) is 102 Å². The molecule has 0 aromatic heterocycles. The molecule has 0 radical (unpaired) electrons. The van der Waals surface area contributed by atoms with Crippen molar-refractivity contribution in [2.24, 2.45) is 0 Å². The number of carbonyl (C=O) groups is 1. The maximum atomic E-state index is 12.9. The predicted octanol–water partition coefficient (Wildman–Crippen LogP) is 5.72. The highest BCUT2D eigenvalue weighted by molar-refractivity contribution is 6.99. The Kier molecular flexibility index (Phi) is 8.95. The monoisotopic (exact) mass is 523 g/mol. The van der Waals surface area contributed by atoms with Gasteiger partial charge in [0.1, 0.15) is 6.04 Å². The number of hydrogen-bond acceptors (Lipinski definition) is 3. The van der Waals surface area contributed by atoms with Crippen molar-refractivity contribution in [2.75, 3.05) is 6.61 Å². The van der Waals surface area contributed by atoms with Crippen LogP contribution in [0.15, 0.2) is 121 Å². The van der Waals surface area contributed by atoms with Gasteiger partial charge < -0.3 is 9.53 Å². The topological polar surface area (TPSA) is 49.8 Å². The Morgan fingerprint density at radius 2 is 1.08 bits per heavy atom. The Labute approximate surface area is 227 Å². The Balaban J connectivity index is 1.74. The van der Waals surface area contributed by atoms with Gasteiger partial charge in [-0.3, -0.25) is 9.69 Å². The molecule has 4 aromatic rings. The zero-order chi connectivity index (χ0) is 27.0. The average Bonchev–Trinajstić information content (AvgIpc) is 2.92. The zero-order valence-electron chi connectivity index (χ0n) is 22.5.